The van der Waals surface area contributed by atoms with E-state index >= 15 is 0 Å². The lowest BCUT2D eigenvalue weighted by atomic mass is 9.85. The third-order valence-electron chi connectivity index (χ3n) is 2.41. The second-order valence-electron chi connectivity index (χ2n) is 3.54. The molecule has 1 aliphatic rings. The van der Waals surface area contributed by atoms with Crippen LogP contribution in [0.1, 0.15) is 25.7 Å². The third kappa shape index (κ3) is 3.18. The predicted octanol–water partition coefficient (Wildman–Crippen LogP) is 0.897. The summed E-state index contributed by atoms with van der Waals surface area (Å²) in [6, 6.07) is 0. The summed E-state index contributed by atoms with van der Waals surface area (Å²) in [5.74, 6) is 0. The first kappa shape index (κ1) is 10.2. The van der Waals surface area contributed by atoms with Crippen LogP contribution >= 0.6 is 0 Å². The van der Waals surface area contributed by atoms with Gasteiger partial charge in [-0.1, -0.05) is 0 Å². The highest BCUT2D eigenvalue weighted by Gasteiger charge is 2.34. The molecule has 1 rings (SSSR count). The van der Waals surface area contributed by atoms with Crippen LogP contribution in [0.25, 0.3) is 0 Å². The van der Waals surface area contributed by atoms with Crippen molar-refractivity contribution < 1.29 is 19.4 Å². The molecule has 0 heterocycles. The second kappa shape index (κ2) is 3.91. The fourth-order valence-electron chi connectivity index (χ4n) is 1.53. The van der Waals surface area contributed by atoms with E-state index in [1.54, 1.807) is 0 Å². The smallest absolute Gasteiger partial charge is 0.404 e. The van der Waals surface area contributed by atoms with Gasteiger partial charge in [-0.25, -0.2) is 9.18 Å². The van der Waals surface area contributed by atoms with Crippen molar-refractivity contribution in [2.45, 2.75) is 37.5 Å². The Bertz CT molecular complexity index is 190. The summed E-state index contributed by atoms with van der Waals surface area (Å²) in [5.41, 5.74) is -1.46. The van der Waals surface area contributed by atoms with Crippen LogP contribution in [0, 0.1) is 0 Å². The lowest BCUT2D eigenvalue weighted by Gasteiger charge is -2.31. The summed E-state index contributed by atoms with van der Waals surface area (Å²) in [7, 11) is 0. The van der Waals surface area contributed by atoms with E-state index in [9.17, 15) is 9.18 Å². The van der Waals surface area contributed by atoms with Gasteiger partial charge in [-0.3, -0.25) is 0 Å². The first-order chi connectivity index (χ1) is 6.02. The minimum absolute atomic E-state index is 0.172. The largest absolute Gasteiger partial charge is 0.465 e. The van der Waals surface area contributed by atoms with E-state index in [0.717, 1.165) is 0 Å². The zero-order valence-electron chi connectivity index (χ0n) is 7.29. The number of nitrogens with one attached hydrogen (secondary N) is 1. The van der Waals surface area contributed by atoms with Gasteiger partial charge in [0.15, 0.2) is 0 Å². The molecular formula is C8H14FNO3. The third-order valence-corrected chi connectivity index (χ3v) is 2.41. The maximum absolute atomic E-state index is 13.7. The molecule has 0 aliphatic heterocycles. The van der Waals surface area contributed by atoms with Gasteiger partial charge in [-0.15, -0.1) is 0 Å². The number of halogens is 1. The first-order valence-corrected chi connectivity index (χ1v) is 4.36. The van der Waals surface area contributed by atoms with Crippen LogP contribution in [0.4, 0.5) is 9.18 Å². The van der Waals surface area contributed by atoms with E-state index < -0.39 is 17.9 Å². The van der Waals surface area contributed by atoms with Crippen molar-refractivity contribution in [3.8, 4) is 0 Å². The maximum Gasteiger partial charge on any atom is 0.404 e. The number of carbonyl (C=O) groups is 1. The molecule has 0 saturated heterocycles. The maximum atomic E-state index is 13.7. The number of hydrogen-bond donors (Lipinski definition) is 3. The summed E-state index contributed by atoms with van der Waals surface area (Å²) < 4.78 is 13.7. The van der Waals surface area contributed by atoms with E-state index in [2.05, 4.69) is 0 Å². The van der Waals surface area contributed by atoms with Crippen molar-refractivity contribution in [1.82, 2.24) is 5.32 Å². The molecule has 0 radical (unpaired) electrons. The molecule has 0 atom stereocenters. The van der Waals surface area contributed by atoms with Crippen LogP contribution < -0.4 is 5.32 Å². The van der Waals surface area contributed by atoms with Gasteiger partial charge in [0.25, 0.3) is 0 Å². The Kier molecular flexibility index (Phi) is 3.08. The molecular weight excluding hydrogens is 177 g/mol. The number of amides is 1. The minimum Gasteiger partial charge on any atom is -0.465 e. The van der Waals surface area contributed by atoms with Crippen LogP contribution in [0.15, 0.2) is 0 Å². The lowest BCUT2D eigenvalue weighted by molar-refractivity contribution is 0.0340. The van der Waals surface area contributed by atoms with Gasteiger partial charge >= 0.3 is 6.09 Å². The molecule has 4 nitrogen and oxygen atoms in total. The van der Waals surface area contributed by atoms with Crippen LogP contribution in [0.5, 0.6) is 0 Å². The number of aliphatic hydroxyl groups is 1. The second-order valence-corrected chi connectivity index (χ2v) is 3.54. The molecule has 0 bridgehead atoms. The van der Waals surface area contributed by atoms with Gasteiger partial charge < -0.3 is 15.5 Å². The molecule has 3 N–H and O–H groups in total. The van der Waals surface area contributed by atoms with Gasteiger partial charge in [0.05, 0.1) is 12.6 Å². The van der Waals surface area contributed by atoms with E-state index in [0.29, 0.717) is 12.8 Å². The fourth-order valence-corrected chi connectivity index (χ4v) is 1.53. The monoisotopic (exact) mass is 191 g/mol. The molecule has 0 spiro atoms. The Labute approximate surface area is 75.8 Å². The van der Waals surface area contributed by atoms with Crippen molar-refractivity contribution in [3.05, 3.63) is 0 Å². The van der Waals surface area contributed by atoms with Crippen molar-refractivity contribution >= 4 is 6.09 Å². The predicted molar refractivity (Wildman–Crippen MR) is 44.3 cm³/mol. The highest BCUT2D eigenvalue weighted by Crippen LogP contribution is 2.31. The Morgan fingerprint density at radius 3 is 2.54 bits per heavy atom. The topological polar surface area (TPSA) is 69.6 Å². The zero-order chi connectivity index (χ0) is 9.90. The number of hydrogen-bond acceptors (Lipinski definition) is 2. The molecule has 76 valence electrons. The lowest BCUT2D eigenvalue weighted by Crippen LogP contribution is -2.42. The molecule has 13 heavy (non-hydrogen) atoms. The summed E-state index contributed by atoms with van der Waals surface area (Å²) in [5, 5.41) is 19.4. The molecule has 1 fully saturated rings. The molecule has 5 heteroatoms. The summed E-state index contributed by atoms with van der Waals surface area (Å²) in [6.45, 7) is -0.172. The van der Waals surface area contributed by atoms with Gasteiger partial charge in [0.2, 0.25) is 0 Å². The van der Waals surface area contributed by atoms with Crippen molar-refractivity contribution in [2.75, 3.05) is 6.54 Å². The van der Waals surface area contributed by atoms with E-state index in [-0.39, 0.29) is 19.4 Å². The van der Waals surface area contributed by atoms with Crippen LogP contribution in [0.3, 0.4) is 0 Å². The Morgan fingerprint density at radius 1 is 1.54 bits per heavy atom. The van der Waals surface area contributed by atoms with Crippen molar-refractivity contribution in [3.63, 3.8) is 0 Å². The number of rotatable bonds is 2. The van der Waals surface area contributed by atoms with Gasteiger partial charge in [0, 0.05) is 0 Å². The average Bonchev–Trinajstić information content (AvgIpc) is 2.08. The number of alkyl halides is 1. The molecule has 1 saturated carbocycles. The van der Waals surface area contributed by atoms with Crippen LogP contribution in [0.2, 0.25) is 0 Å². The standard InChI is InChI=1S/C8H14FNO3/c9-8(5-10-7(12)13)3-1-6(11)2-4-8/h6,10-11H,1-5H2,(H,12,13)/t6-,8-. The fraction of sp³-hybridized carbons (Fsp3) is 0.875. The van der Waals surface area contributed by atoms with E-state index in [1.165, 1.54) is 0 Å². The molecule has 0 aromatic carbocycles. The summed E-state index contributed by atoms with van der Waals surface area (Å²) in [6.07, 6.45) is -0.338. The quantitative estimate of drug-likeness (QED) is 0.607. The summed E-state index contributed by atoms with van der Waals surface area (Å²) in [4.78, 5) is 10.1. The molecule has 1 aliphatic carbocycles. The van der Waals surface area contributed by atoms with Crippen LogP contribution in [-0.2, 0) is 0 Å². The Hall–Kier alpha value is -0.840. The minimum atomic E-state index is -1.46. The van der Waals surface area contributed by atoms with E-state index in [4.69, 9.17) is 10.2 Å². The number of carboxylic acid groups (broad SMARTS) is 1. The Balaban J connectivity index is 2.34. The average molecular weight is 191 g/mol. The van der Waals surface area contributed by atoms with Crippen molar-refractivity contribution in [1.29, 1.82) is 0 Å². The Morgan fingerprint density at radius 2 is 2.08 bits per heavy atom. The van der Waals surface area contributed by atoms with Crippen molar-refractivity contribution in [2.24, 2.45) is 0 Å². The molecule has 0 aromatic rings. The normalized spacial score (nSPS) is 34.2. The molecule has 1 amide bonds. The molecule has 0 unspecified atom stereocenters. The van der Waals surface area contributed by atoms with Gasteiger partial charge in [-0.2, -0.15) is 0 Å². The van der Waals surface area contributed by atoms with Gasteiger partial charge in [-0.05, 0) is 25.7 Å². The zero-order valence-corrected chi connectivity index (χ0v) is 7.29. The van der Waals surface area contributed by atoms with Gasteiger partial charge in [0.1, 0.15) is 5.67 Å². The SMILES string of the molecule is O=C(O)NC[C@]1(F)CC[C@H](O)CC1. The summed E-state index contributed by atoms with van der Waals surface area (Å²) >= 11 is 0. The van der Waals surface area contributed by atoms with Crippen LogP contribution in [-0.4, -0.2) is 34.6 Å². The highest BCUT2D eigenvalue weighted by atomic mass is 19.1. The first-order valence-electron chi connectivity index (χ1n) is 4.36. The highest BCUT2D eigenvalue weighted by molar-refractivity contribution is 5.64. The van der Waals surface area contributed by atoms with E-state index in [1.807, 2.05) is 5.32 Å². The number of aliphatic hydroxyl groups excluding tert-OH is 1. The molecule has 0 aromatic heterocycles.